The Morgan fingerprint density at radius 2 is 1.63 bits per heavy atom. The van der Waals surface area contributed by atoms with Crippen molar-refractivity contribution >= 4 is 34.9 Å². The topological polar surface area (TPSA) is 88.3 Å². The van der Waals surface area contributed by atoms with Crippen molar-refractivity contribution in [1.29, 1.82) is 0 Å². The number of fused-ring (bicyclic) bond motifs is 1. The molecule has 1 aliphatic heterocycles. The van der Waals surface area contributed by atoms with Gasteiger partial charge < -0.3 is 29.9 Å². The van der Waals surface area contributed by atoms with E-state index in [2.05, 4.69) is 56.1 Å². The summed E-state index contributed by atoms with van der Waals surface area (Å²) in [6, 6.07) is 19.5. The number of benzene rings is 3. The first-order valence-electron chi connectivity index (χ1n) is 16.2. The number of ether oxygens (including phenoxy) is 2. The maximum absolute atomic E-state index is 13.8. The quantitative estimate of drug-likeness (QED) is 0.255. The third kappa shape index (κ3) is 8.66. The van der Waals surface area contributed by atoms with E-state index in [-0.39, 0.29) is 18.1 Å². The molecule has 0 radical (unpaired) electrons. The lowest BCUT2D eigenvalue weighted by molar-refractivity contribution is -0.118. The van der Waals surface area contributed by atoms with Crippen molar-refractivity contribution in [2.45, 2.75) is 70.9 Å². The Morgan fingerprint density at radius 1 is 1.00 bits per heavy atom. The van der Waals surface area contributed by atoms with Crippen LogP contribution in [0, 0.1) is 5.92 Å². The van der Waals surface area contributed by atoms with Crippen LogP contribution in [0.2, 0.25) is 5.02 Å². The summed E-state index contributed by atoms with van der Waals surface area (Å²) in [4.78, 5) is 29.3. The van der Waals surface area contributed by atoms with E-state index in [1.807, 2.05) is 35.2 Å². The van der Waals surface area contributed by atoms with Gasteiger partial charge in [0.25, 0.3) is 0 Å². The Balaban J connectivity index is 0.000000731. The molecular weight excluding hydrogens is 600 g/mol. The van der Waals surface area contributed by atoms with Crippen molar-refractivity contribution in [2.75, 3.05) is 44.6 Å². The first kappa shape index (κ1) is 35.0. The minimum Gasteiger partial charge on any atom is -0.493 e. The van der Waals surface area contributed by atoms with Crippen LogP contribution in [0.4, 0.5) is 16.2 Å². The highest BCUT2D eigenvalue weighted by Crippen LogP contribution is 2.44. The molecule has 0 spiro atoms. The zero-order valence-electron chi connectivity index (χ0n) is 28.1. The van der Waals surface area contributed by atoms with Crippen molar-refractivity contribution in [1.82, 2.24) is 4.90 Å². The molecule has 1 fully saturated rings. The number of hydrogen-bond acceptors (Lipinski definition) is 5. The summed E-state index contributed by atoms with van der Waals surface area (Å²) in [6.07, 6.45) is 7.92. The predicted molar refractivity (Wildman–Crippen MR) is 187 cm³/mol. The van der Waals surface area contributed by atoms with Crippen molar-refractivity contribution in [2.24, 2.45) is 11.7 Å². The van der Waals surface area contributed by atoms with Crippen LogP contribution in [-0.4, -0.2) is 57.7 Å². The summed E-state index contributed by atoms with van der Waals surface area (Å²) >= 11 is 6.27. The molecular formula is C37H49ClN4O4. The van der Waals surface area contributed by atoms with E-state index in [0.29, 0.717) is 22.9 Å². The number of hydrogen-bond donors (Lipinski definition) is 1. The van der Waals surface area contributed by atoms with Gasteiger partial charge in [-0.15, -0.1) is 0 Å². The van der Waals surface area contributed by atoms with Gasteiger partial charge in [0, 0.05) is 44.1 Å². The SMILES string of the molecule is CC[C@@H](C)Oc1cc2c(cc1OC)CC(=O)N(c1ccc(N(C)CC3CCCCC3)cc1)C2c1ccc(Cl)cc1.CN(C)C(N)=O. The van der Waals surface area contributed by atoms with Gasteiger partial charge in [-0.3, -0.25) is 4.79 Å². The Bertz CT molecular complexity index is 1460. The minimum absolute atomic E-state index is 0.0420. The van der Waals surface area contributed by atoms with Gasteiger partial charge in [-0.05, 0) is 97.3 Å². The molecule has 2 N–H and O–H groups in total. The summed E-state index contributed by atoms with van der Waals surface area (Å²) in [7, 11) is 7.02. The Hall–Kier alpha value is -3.91. The Kier molecular flexibility index (Phi) is 12.2. The number of primary amides is 1. The Morgan fingerprint density at radius 3 is 2.20 bits per heavy atom. The standard InChI is InChI=1S/C34H41ClN2O3.C3H8N2O/c1-5-23(2)40-32-21-30-26(19-31(32)39-4)20-33(38)37(34(30)25-11-13-27(35)14-12-25)29-17-15-28(16-18-29)36(3)22-24-9-7-6-8-10-24;1-5(2)3(4)6/h11-19,21,23-24,34H,5-10,20,22H2,1-4H3;1-2H3,(H2,4,6)/t23-,34?;/m1./s1. The predicted octanol–water partition coefficient (Wildman–Crippen LogP) is 7.85. The summed E-state index contributed by atoms with van der Waals surface area (Å²) in [5, 5.41) is 0.665. The number of anilines is 2. The second-order valence-electron chi connectivity index (χ2n) is 12.6. The van der Waals surface area contributed by atoms with E-state index in [0.717, 1.165) is 41.3 Å². The second kappa shape index (κ2) is 16.1. The van der Waals surface area contributed by atoms with Crippen LogP contribution in [0.3, 0.4) is 0 Å². The van der Waals surface area contributed by atoms with E-state index in [9.17, 15) is 9.59 Å². The zero-order chi connectivity index (χ0) is 33.4. The lowest BCUT2D eigenvalue weighted by Gasteiger charge is -2.38. The molecule has 2 aliphatic rings. The molecule has 0 aromatic heterocycles. The number of urea groups is 1. The van der Waals surface area contributed by atoms with Gasteiger partial charge in [-0.1, -0.05) is 49.9 Å². The number of nitrogens with zero attached hydrogens (tertiary/aromatic N) is 3. The van der Waals surface area contributed by atoms with Crippen LogP contribution in [0.25, 0.3) is 0 Å². The number of rotatable bonds is 9. The summed E-state index contributed by atoms with van der Waals surface area (Å²) in [5.74, 6) is 2.16. The van der Waals surface area contributed by atoms with Gasteiger partial charge in [0.2, 0.25) is 5.91 Å². The van der Waals surface area contributed by atoms with E-state index < -0.39 is 6.03 Å². The monoisotopic (exact) mass is 648 g/mol. The van der Waals surface area contributed by atoms with Crippen molar-refractivity contribution < 1.29 is 19.1 Å². The average molecular weight is 649 g/mol. The zero-order valence-corrected chi connectivity index (χ0v) is 28.8. The van der Waals surface area contributed by atoms with E-state index in [4.69, 9.17) is 26.8 Å². The maximum Gasteiger partial charge on any atom is 0.314 e. The number of carbonyl (C=O) groups excluding carboxylic acids is 2. The third-order valence-electron chi connectivity index (χ3n) is 8.94. The van der Waals surface area contributed by atoms with Crippen LogP contribution in [0.1, 0.15) is 75.1 Å². The van der Waals surface area contributed by atoms with Crippen molar-refractivity contribution in [3.8, 4) is 11.5 Å². The van der Waals surface area contributed by atoms with Crippen LogP contribution < -0.4 is 25.0 Å². The molecule has 1 aliphatic carbocycles. The minimum atomic E-state index is -0.407. The molecule has 1 saturated carbocycles. The molecule has 0 saturated heterocycles. The van der Waals surface area contributed by atoms with Gasteiger partial charge in [0.15, 0.2) is 11.5 Å². The van der Waals surface area contributed by atoms with Crippen LogP contribution in [0.15, 0.2) is 60.7 Å². The molecule has 5 rings (SSSR count). The van der Waals surface area contributed by atoms with E-state index >= 15 is 0 Å². The summed E-state index contributed by atoms with van der Waals surface area (Å²) in [5.41, 5.74) is 9.77. The molecule has 0 bridgehead atoms. The fourth-order valence-electron chi connectivity index (χ4n) is 6.11. The van der Waals surface area contributed by atoms with Gasteiger partial charge in [0.1, 0.15) is 0 Å². The number of carbonyl (C=O) groups is 2. The highest BCUT2D eigenvalue weighted by molar-refractivity contribution is 6.30. The van der Waals surface area contributed by atoms with Crippen LogP contribution >= 0.6 is 11.6 Å². The smallest absolute Gasteiger partial charge is 0.314 e. The van der Waals surface area contributed by atoms with Crippen LogP contribution in [-0.2, 0) is 11.2 Å². The fourth-order valence-corrected chi connectivity index (χ4v) is 6.23. The summed E-state index contributed by atoms with van der Waals surface area (Å²) in [6.45, 7) is 5.23. The molecule has 46 heavy (non-hydrogen) atoms. The molecule has 3 aromatic carbocycles. The second-order valence-corrected chi connectivity index (χ2v) is 13.0. The lowest BCUT2D eigenvalue weighted by atomic mass is 9.86. The van der Waals surface area contributed by atoms with E-state index in [1.165, 1.54) is 42.7 Å². The number of methoxy groups -OCH3 is 1. The number of halogens is 1. The van der Waals surface area contributed by atoms with Crippen LogP contribution in [0.5, 0.6) is 11.5 Å². The molecule has 1 unspecified atom stereocenters. The Labute approximate surface area is 279 Å². The highest BCUT2D eigenvalue weighted by Gasteiger charge is 2.36. The van der Waals surface area contributed by atoms with Gasteiger partial charge in [-0.2, -0.15) is 0 Å². The first-order valence-corrected chi connectivity index (χ1v) is 16.6. The van der Waals surface area contributed by atoms with Crippen molar-refractivity contribution in [3.05, 3.63) is 82.4 Å². The largest absolute Gasteiger partial charge is 0.493 e. The highest BCUT2D eigenvalue weighted by atomic mass is 35.5. The van der Waals surface area contributed by atoms with Gasteiger partial charge in [-0.25, -0.2) is 4.79 Å². The summed E-state index contributed by atoms with van der Waals surface area (Å²) < 4.78 is 12.0. The molecule has 3 amide bonds. The molecule has 248 valence electrons. The molecule has 9 heteroatoms. The third-order valence-corrected chi connectivity index (χ3v) is 9.20. The molecule has 2 atom stereocenters. The number of nitrogens with two attached hydrogens (primary N) is 1. The molecule has 8 nitrogen and oxygen atoms in total. The fraction of sp³-hybridized carbons (Fsp3) is 0.459. The maximum atomic E-state index is 13.8. The normalized spacial score (nSPS) is 16.9. The number of amides is 3. The molecule has 3 aromatic rings. The van der Waals surface area contributed by atoms with Gasteiger partial charge in [0.05, 0.1) is 25.7 Å². The van der Waals surface area contributed by atoms with E-state index in [1.54, 1.807) is 21.2 Å². The van der Waals surface area contributed by atoms with Crippen molar-refractivity contribution in [3.63, 3.8) is 0 Å². The average Bonchev–Trinajstić information content (AvgIpc) is 3.05. The first-order chi connectivity index (χ1) is 22.0. The molecule has 1 heterocycles. The van der Waals surface area contributed by atoms with Gasteiger partial charge >= 0.3 is 6.03 Å². The lowest BCUT2D eigenvalue weighted by Crippen LogP contribution is -2.41.